The lowest BCUT2D eigenvalue weighted by Crippen LogP contribution is -2.48. The van der Waals surface area contributed by atoms with Gasteiger partial charge in [-0.3, -0.25) is 14.6 Å². The van der Waals surface area contributed by atoms with Crippen molar-refractivity contribution >= 4 is 5.91 Å². The molecule has 3 rings (SSSR count). The van der Waals surface area contributed by atoms with Crippen LogP contribution in [0.5, 0.6) is 0 Å². The van der Waals surface area contributed by atoms with E-state index in [-0.39, 0.29) is 5.91 Å². The second-order valence-electron chi connectivity index (χ2n) is 7.56. The molecule has 2 fully saturated rings. The molecule has 1 N–H and O–H groups in total. The molecule has 0 unspecified atom stereocenters. The molecule has 2 aliphatic rings. The molecule has 0 radical (unpaired) electrons. The number of hydrogen-bond acceptors (Lipinski definition) is 3. The highest BCUT2D eigenvalue weighted by atomic mass is 16.2. The molecule has 2 saturated heterocycles. The Labute approximate surface area is 146 Å². The first-order chi connectivity index (χ1) is 11.7. The molecule has 4 nitrogen and oxygen atoms in total. The third-order valence-electron chi connectivity index (χ3n) is 5.45. The maximum Gasteiger partial charge on any atom is 0.234 e. The smallest absolute Gasteiger partial charge is 0.234 e. The zero-order chi connectivity index (χ0) is 16.8. The second-order valence-corrected chi connectivity index (χ2v) is 7.56. The van der Waals surface area contributed by atoms with E-state index in [1.54, 1.807) is 0 Å². The molecule has 0 bridgehead atoms. The van der Waals surface area contributed by atoms with Gasteiger partial charge in [-0.15, -0.1) is 0 Å². The molecule has 132 valence electrons. The van der Waals surface area contributed by atoms with Gasteiger partial charge in [0.1, 0.15) is 0 Å². The average Bonchev–Trinajstić information content (AvgIpc) is 2.60. The van der Waals surface area contributed by atoms with Crippen LogP contribution in [-0.4, -0.2) is 54.5 Å². The van der Waals surface area contributed by atoms with Gasteiger partial charge in [0.25, 0.3) is 0 Å². The van der Waals surface area contributed by atoms with Gasteiger partial charge in [0, 0.05) is 25.7 Å². The summed E-state index contributed by atoms with van der Waals surface area (Å²) in [7, 11) is 0. The van der Waals surface area contributed by atoms with E-state index in [0.717, 1.165) is 51.5 Å². The quantitative estimate of drug-likeness (QED) is 0.901. The Bertz CT molecular complexity index is 503. The van der Waals surface area contributed by atoms with E-state index >= 15 is 0 Å². The van der Waals surface area contributed by atoms with Gasteiger partial charge >= 0.3 is 0 Å². The minimum absolute atomic E-state index is 0.214. The first-order valence-electron chi connectivity index (χ1n) is 9.47. The third kappa shape index (κ3) is 5.32. The molecule has 2 heterocycles. The maximum atomic E-state index is 12.3. The summed E-state index contributed by atoms with van der Waals surface area (Å²) in [5.74, 6) is 1.03. The van der Waals surface area contributed by atoms with Crippen molar-refractivity contribution in [3.05, 3.63) is 35.9 Å². The molecule has 0 atom stereocenters. The Hall–Kier alpha value is -1.39. The topological polar surface area (TPSA) is 35.6 Å². The second kappa shape index (κ2) is 8.63. The highest BCUT2D eigenvalue weighted by Crippen LogP contribution is 2.16. The normalized spacial score (nSPS) is 21.7. The summed E-state index contributed by atoms with van der Waals surface area (Å²) >= 11 is 0. The van der Waals surface area contributed by atoms with E-state index in [2.05, 4.69) is 52.4 Å². The Morgan fingerprint density at radius 1 is 1.00 bits per heavy atom. The molecular formula is C20H31N3O. The van der Waals surface area contributed by atoms with E-state index in [9.17, 15) is 4.79 Å². The molecule has 0 aliphatic carbocycles. The van der Waals surface area contributed by atoms with Crippen molar-refractivity contribution in [3.8, 4) is 0 Å². The van der Waals surface area contributed by atoms with Gasteiger partial charge in [0.2, 0.25) is 5.91 Å². The van der Waals surface area contributed by atoms with Crippen LogP contribution in [0.1, 0.15) is 38.2 Å². The highest BCUT2D eigenvalue weighted by molar-refractivity contribution is 5.78. The van der Waals surface area contributed by atoms with Crippen LogP contribution in [0.4, 0.5) is 0 Å². The van der Waals surface area contributed by atoms with Crippen molar-refractivity contribution in [1.29, 1.82) is 0 Å². The minimum Gasteiger partial charge on any atom is -0.352 e. The van der Waals surface area contributed by atoms with Crippen LogP contribution in [-0.2, 0) is 11.3 Å². The number of hydrogen-bond donors (Lipinski definition) is 1. The van der Waals surface area contributed by atoms with Crippen LogP contribution in [0, 0.1) is 5.92 Å². The van der Waals surface area contributed by atoms with Gasteiger partial charge in [0.05, 0.1) is 6.54 Å². The van der Waals surface area contributed by atoms with Crippen LogP contribution in [0.3, 0.4) is 0 Å². The van der Waals surface area contributed by atoms with Gasteiger partial charge in [-0.05, 0) is 50.3 Å². The molecule has 24 heavy (non-hydrogen) atoms. The number of benzene rings is 1. The third-order valence-corrected chi connectivity index (χ3v) is 5.45. The Morgan fingerprint density at radius 3 is 2.29 bits per heavy atom. The van der Waals surface area contributed by atoms with Crippen molar-refractivity contribution in [2.24, 2.45) is 5.92 Å². The lowest BCUT2D eigenvalue weighted by atomic mass is 9.99. The van der Waals surface area contributed by atoms with Crippen LogP contribution < -0.4 is 5.32 Å². The molecule has 1 amide bonds. The van der Waals surface area contributed by atoms with Crippen molar-refractivity contribution in [2.45, 2.75) is 45.2 Å². The first-order valence-corrected chi connectivity index (χ1v) is 9.47. The number of carbonyl (C=O) groups is 1. The summed E-state index contributed by atoms with van der Waals surface area (Å²) in [4.78, 5) is 17.1. The Balaban J connectivity index is 1.35. The van der Waals surface area contributed by atoms with E-state index in [1.165, 1.54) is 18.4 Å². The molecule has 1 aromatic carbocycles. The fourth-order valence-corrected chi connectivity index (χ4v) is 3.77. The molecule has 0 aromatic heterocycles. The summed E-state index contributed by atoms with van der Waals surface area (Å²) in [6, 6.07) is 11.0. The van der Waals surface area contributed by atoms with E-state index < -0.39 is 0 Å². The summed E-state index contributed by atoms with van der Waals surface area (Å²) in [6.45, 7) is 8.20. The predicted molar refractivity (Wildman–Crippen MR) is 97.7 cm³/mol. The summed E-state index contributed by atoms with van der Waals surface area (Å²) in [5, 5.41) is 3.25. The molecular weight excluding hydrogens is 298 g/mol. The largest absolute Gasteiger partial charge is 0.352 e. The zero-order valence-corrected chi connectivity index (χ0v) is 14.9. The lowest BCUT2D eigenvalue weighted by Gasteiger charge is -2.33. The standard InChI is InChI=1S/C20H31N3O/c1-17-7-11-23(12-8-17)16-20(24)21-19-9-13-22(14-10-19)15-18-5-3-2-4-6-18/h2-6,17,19H,7-16H2,1H3,(H,21,24). The van der Waals surface area contributed by atoms with E-state index in [1.807, 2.05) is 0 Å². The lowest BCUT2D eigenvalue weighted by molar-refractivity contribution is -0.123. The monoisotopic (exact) mass is 329 g/mol. The average molecular weight is 329 g/mol. The summed E-state index contributed by atoms with van der Waals surface area (Å²) in [6.07, 6.45) is 4.58. The van der Waals surface area contributed by atoms with Crippen molar-refractivity contribution in [3.63, 3.8) is 0 Å². The fourth-order valence-electron chi connectivity index (χ4n) is 3.77. The molecule has 1 aromatic rings. The van der Waals surface area contributed by atoms with E-state index in [0.29, 0.717) is 12.6 Å². The number of likely N-dealkylation sites (tertiary alicyclic amines) is 2. The number of carbonyl (C=O) groups excluding carboxylic acids is 1. The highest BCUT2D eigenvalue weighted by Gasteiger charge is 2.22. The number of rotatable bonds is 5. The van der Waals surface area contributed by atoms with Crippen LogP contribution in [0.15, 0.2) is 30.3 Å². The van der Waals surface area contributed by atoms with Gasteiger partial charge in [-0.25, -0.2) is 0 Å². The predicted octanol–water partition coefficient (Wildman–Crippen LogP) is 2.50. The number of nitrogens with zero attached hydrogens (tertiary/aromatic N) is 2. The van der Waals surface area contributed by atoms with Crippen molar-refractivity contribution < 1.29 is 4.79 Å². The maximum absolute atomic E-state index is 12.3. The van der Waals surface area contributed by atoms with E-state index in [4.69, 9.17) is 0 Å². The molecule has 2 aliphatic heterocycles. The number of piperidine rings is 2. The minimum atomic E-state index is 0.214. The zero-order valence-electron chi connectivity index (χ0n) is 14.9. The van der Waals surface area contributed by atoms with Crippen LogP contribution in [0.2, 0.25) is 0 Å². The Morgan fingerprint density at radius 2 is 1.62 bits per heavy atom. The first kappa shape index (κ1) is 17.4. The summed E-state index contributed by atoms with van der Waals surface area (Å²) in [5.41, 5.74) is 1.37. The van der Waals surface area contributed by atoms with Gasteiger partial charge in [-0.1, -0.05) is 37.3 Å². The fraction of sp³-hybridized carbons (Fsp3) is 0.650. The van der Waals surface area contributed by atoms with Crippen molar-refractivity contribution in [1.82, 2.24) is 15.1 Å². The molecule has 4 heteroatoms. The number of amides is 1. The molecule has 0 spiro atoms. The number of nitrogens with one attached hydrogen (secondary N) is 1. The van der Waals surface area contributed by atoms with Gasteiger partial charge in [0.15, 0.2) is 0 Å². The van der Waals surface area contributed by atoms with Gasteiger partial charge in [-0.2, -0.15) is 0 Å². The van der Waals surface area contributed by atoms with Gasteiger partial charge < -0.3 is 5.32 Å². The Kier molecular flexibility index (Phi) is 6.27. The van der Waals surface area contributed by atoms with Crippen LogP contribution in [0.25, 0.3) is 0 Å². The van der Waals surface area contributed by atoms with Crippen LogP contribution >= 0.6 is 0 Å². The summed E-state index contributed by atoms with van der Waals surface area (Å²) < 4.78 is 0. The molecule has 0 saturated carbocycles. The SMILES string of the molecule is CC1CCN(CC(=O)NC2CCN(Cc3ccccc3)CC2)CC1. The van der Waals surface area contributed by atoms with Crippen molar-refractivity contribution in [2.75, 3.05) is 32.7 Å².